The largest absolute Gasteiger partial charge is 0.475 e. The summed E-state index contributed by atoms with van der Waals surface area (Å²) in [5.74, 6) is 0. The van der Waals surface area contributed by atoms with Crippen LogP contribution in [0.1, 0.15) is 142 Å². The Hall–Kier alpha value is -0.650. The third kappa shape index (κ3) is 22.8. The van der Waals surface area contributed by atoms with Crippen molar-refractivity contribution < 1.29 is 47.3 Å². The van der Waals surface area contributed by atoms with Gasteiger partial charge in [-0.15, -0.1) is 13.2 Å². The molecular formula is C38H73O10P. The summed E-state index contributed by atoms with van der Waals surface area (Å²) in [6.07, 6.45) is 22.8. The maximum Gasteiger partial charge on any atom is 0.475 e. The minimum Gasteiger partial charge on any atom is -0.394 e. The van der Waals surface area contributed by atoms with Crippen LogP contribution in [-0.2, 0) is 37.1 Å². The average molecular weight is 721 g/mol. The van der Waals surface area contributed by atoms with E-state index in [1.165, 1.54) is 102 Å². The molecule has 2 N–H and O–H groups in total. The van der Waals surface area contributed by atoms with Gasteiger partial charge >= 0.3 is 7.82 Å². The third-order valence-corrected chi connectivity index (χ3v) is 10.2. The molecule has 0 unspecified atom stereocenters. The summed E-state index contributed by atoms with van der Waals surface area (Å²) < 4.78 is 53.4. The van der Waals surface area contributed by atoms with Gasteiger partial charge in [0.25, 0.3) is 0 Å². The Labute approximate surface area is 299 Å². The standard InChI is InChI=1S/C38H73O10P/c1-5-9-11-13-15-17-19-21-23-25-29-42-36-35(40)34(33-39)48-38(44-31-32-47-49(41,45-27-7-3)46-28-8-4)37(36)43-30-26-24-22-20-18-16-14-12-10-6-2/h7-8,34-40H,3-6,9-33H2,1-2H3/t34-,35-,36+,37-,38+/m1/s1. The van der Waals surface area contributed by atoms with Gasteiger partial charge < -0.3 is 29.2 Å². The lowest BCUT2D eigenvalue weighted by Gasteiger charge is -2.43. The van der Waals surface area contributed by atoms with Crippen molar-refractivity contribution in [1.82, 2.24) is 0 Å². The molecule has 1 aliphatic heterocycles. The highest BCUT2D eigenvalue weighted by Gasteiger charge is 2.47. The first-order valence-corrected chi connectivity index (χ1v) is 21.0. The van der Waals surface area contributed by atoms with E-state index in [-0.39, 0.29) is 26.4 Å². The summed E-state index contributed by atoms with van der Waals surface area (Å²) >= 11 is 0. The SMILES string of the molecule is C=CCOP(=O)(OCC=C)OCCO[C@H]1O[C@H](CO)[C@@H](O)[C@H](OCCCCCCCCCCCC)[C@H]1OCCCCCCCCCCCC. The van der Waals surface area contributed by atoms with Gasteiger partial charge in [0.2, 0.25) is 0 Å². The first-order valence-electron chi connectivity index (χ1n) is 19.5. The lowest BCUT2D eigenvalue weighted by atomic mass is 9.98. The lowest BCUT2D eigenvalue weighted by Crippen LogP contribution is -2.61. The van der Waals surface area contributed by atoms with Crippen LogP contribution in [0.4, 0.5) is 0 Å². The van der Waals surface area contributed by atoms with Gasteiger partial charge in [0.1, 0.15) is 24.4 Å². The Kier molecular flexibility index (Phi) is 30.3. The van der Waals surface area contributed by atoms with Crippen LogP contribution < -0.4 is 0 Å². The number of hydrogen-bond acceptors (Lipinski definition) is 10. The van der Waals surface area contributed by atoms with Crippen LogP contribution in [-0.4, -0.2) is 87.2 Å². The van der Waals surface area contributed by atoms with Crippen molar-refractivity contribution in [3.05, 3.63) is 25.3 Å². The number of unbranched alkanes of at least 4 members (excludes halogenated alkanes) is 18. The van der Waals surface area contributed by atoms with Gasteiger partial charge in [-0.3, -0.25) is 13.6 Å². The molecule has 0 amide bonds. The van der Waals surface area contributed by atoms with Crippen LogP contribution in [0.25, 0.3) is 0 Å². The van der Waals surface area contributed by atoms with E-state index in [0.29, 0.717) is 13.2 Å². The fourth-order valence-corrected chi connectivity index (χ4v) is 6.97. The molecule has 11 heteroatoms. The number of aliphatic hydroxyl groups excluding tert-OH is 2. The first-order chi connectivity index (χ1) is 24.0. The van der Waals surface area contributed by atoms with Crippen LogP contribution in [0.3, 0.4) is 0 Å². The molecular weight excluding hydrogens is 647 g/mol. The molecule has 0 aromatic rings. The Bertz CT molecular complexity index is 799. The number of ether oxygens (including phenoxy) is 4. The van der Waals surface area contributed by atoms with Gasteiger partial charge in [0, 0.05) is 13.2 Å². The van der Waals surface area contributed by atoms with E-state index in [0.717, 1.165) is 38.5 Å². The van der Waals surface area contributed by atoms with Crippen LogP contribution in [0.5, 0.6) is 0 Å². The molecule has 1 rings (SSSR count). The summed E-state index contributed by atoms with van der Waals surface area (Å²) in [6.45, 7) is 12.0. The fraction of sp³-hybridized carbons (Fsp3) is 0.895. The van der Waals surface area contributed by atoms with Crippen LogP contribution in [0.15, 0.2) is 25.3 Å². The lowest BCUT2D eigenvalue weighted by molar-refractivity contribution is -0.317. The van der Waals surface area contributed by atoms with Crippen molar-refractivity contribution in [2.24, 2.45) is 0 Å². The summed E-state index contributed by atoms with van der Waals surface area (Å²) in [4.78, 5) is 0. The van der Waals surface area contributed by atoms with Crippen molar-refractivity contribution >= 4 is 7.82 Å². The molecule has 0 aromatic heterocycles. The predicted molar refractivity (Wildman–Crippen MR) is 197 cm³/mol. The average Bonchev–Trinajstić information content (AvgIpc) is 3.11. The highest BCUT2D eigenvalue weighted by atomic mass is 31.2. The van der Waals surface area contributed by atoms with E-state index < -0.39 is 45.1 Å². The zero-order chi connectivity index (χ0) is 35.8. The Morgan fingerprint density at radius 1 is 0.592 bits per heavy atom. The molecule has 0 bridgehead atoms. The summed E-state index contributed by atoms with van der Waals surface area (Å²) in [6, 6.07) is 0. The number of aliphatic hydroxyl groups is 2. The van der Waals surface area contributed by atoms with Crippen LogP contribution in [0.2, 0.25) is 0 Å². The second kappa shape index (κ2) is 32.0. The Morgan fingerprint density at radius 3 is 1.45 bits per heavy atom. The first kappa shape index (κ1) is 46.4. The van der Waals surface area contributed by atoms with Crippen molar-refractivity contribution in [3.8, 4) is 0 Å². The van der Waals surface area contributed by atoms with Crippen molar-refractivity contribution in [2.45, 2.75) is 173 Å². The highest BCUT2D eigenvalue weighted by molar-refractivity contribution is 7.48. The maximum absolute atomic E-state index is 12.9. The number of phosphoric ester groups is 1. The van der Waals surface area contributed by atoms with Crippen molar-refractivity contribution in [3.63, 3.8) is 0 Å². The van der Waals surface area contributed by atoms with E-state index in [1.807, 2.05) is 0 Å². The van der Waals surface area contributed by atoms with Gasteiger partial charge in [-0.1, -0.05) is 142 Å². The van der Waals surface area contributed by atoms with E-state index in [9.17, 15) is 14.8 Å². The van der Waals surface area contributed by atoms with E-state index in [4.69, 9.17) is 32.5 Å². The number of phosphoric acid groups is 1. The molecule has 1 saturated heterocycles. The number of hydrogen-bond donors (Lipinski definition) is 2. The zero-order valence-corrected chi connectivity index (χ0v) is 32.0. The molecule has 49 heavy (non-hydrogen) atoms. The predicted octanol–water partition coefficient (Wildman–Crippen LogP) is 9.22. The molecule has 0 saturated carbocycles. The summed E-state index contributed by atoms with van der Waals surface area (Å²) in [5.41, 5.74) is 0. The molecule has 1 fully saturated rings. The van der Waals surface area contributed by atoms with E-state index >= 15 is 0 Å². The minimum absolute atomic E-state index is 0.00990. The monoisotopic (exact) mass is 720 g/mol. The van der Waals surface area contributed by atoms with Gasteiger partial charge in [-0.2, -0.15) is 0 Å². The molecule has 1 aliphatic rings. The van der Waals surface area contributed by atoms with Crippen LogP contribution >= 0.6 is 7.82 Å². The molecule has 290 valence electrons. The summed E-state index contributed by atoms with van der Waals surface area (Å²) in [5, 5.41) is 21.2. The van der Waals surface area contributed by atoms with Crippen molar-refractivity contribution in [1.29, 1.82) is 0 Å². The topological polar surface area (TPSA) is 122 Å². The van der Waals surface area contributed by atoms with Crippen LogP contribution in [0, 0.1) is 0 Å². The summed E-state index contributed by atoms with van der Waals surface area (Å²) in [7, 11) is -3.85. The van der Waals surface area contributed by atoms with Gasteiger partial charge in [0.05, 0.1) is 33.0 Å². The second-order valence-corrected chi connectivity index (χ2v) is 14.7. The smallest absolute Gasteiger partial charge is 0.394 e. The molecule has 0 spiro atoms. The zero-order valence-electron chi connectivity index (χ0n) is 31.2. The Balaban J connectivity index is 2.70. The van der Waals surface area contributed by atoms with E-state index in [2.05, 4.69) is 27.0 Å². The van der Waals surface area contributed by atoms with Gasteiger partial charge in [-0.05, 0) is 12.8 Å². The van der Waals surface area contributed by atoms with E-state index in [1.54, 1.807) is 0 Å². The molecule has 0 radical (unpaired) electrons. The second-order valence-electron chi connectivity index (χ2n) is 13.1. The molecule has 0 aliphatic carbocycles. The fourth-order valence-electron chi connectivity index (χ4n) is 5.87. The third-order valence-electron chi connectivity index (χ3n) is 8.73. The molecule has 5 atom stereocenters. The molecule has 10 nitrogen and oxygen atoms in total. The van der Waals surface area contributed by atoms with Gasteiger partial charge in [0.15, 0.2) is 6.29 Å². The number of rotatable bonds is 36. The highest BCUT2D eigenvalue weighted by Crippen LogP contribution is 2.49. The molecule has 1 heterocycles. The maximum atomic E-state index is 12.9. The molecule has 0 aromatic carbocycles. The van der Waals surface area contributed by atoms with Crippen molar-refractivity contribution in [2.75, 3.05) is 46.2 Å². The van der Waals surface area contributed by atoms with Gasteiger partial charge in [-0.25, -0.2) is 4.57 Å². The minimum atomic E-state index is -3.85. The quantitative estimate of drug-likeness (QED) is 0.0368. The Morgan fingerprint density at radius 2 is 1.02 bits per heavy atom. The normalized spacial score (nSPS) is 21.3.